The van der Waals surface area contributed by atoms with E-state index in [9.17, 15) is 22.8 Å². The molecule has 0 unspecified atom stereocenters. The third-order valence-corrected chi connectivity index (χ3v) is 4.27. The van der Waals surface area contributed by atoms with E-state index in [1.807, 2.05) is 0 Å². The van der Waals surface area contributed by atoms with E-state index in [4.69, 9.17) is 9.47 Å². The summed E-state index contributed by atoms with van der Waals surface area (Å²) in [5.41, 5.74) is -0.900. The molecule has 172 valence electrons. The van der Waals surface area contributed by atoms with Gasteiger partial charge in [-0.3, -0.25) is 9.59 Å². The summed E-state index contributed by atoms with van der Waals surface area (Å²) in [5.74, 6) is -0.201. The van der Waals surface area contributed by atoms with Crippen LogP contribution in [0.5, 0.6) is 11.5 Å². The lowest BCUT2D eigenvalue weighted by molar-refractivity contribution is -0.137. The summed E-state index contributed by atoms with van der Waals surface area (Å²) in [6, 6.07) is 8.20. The Hall–Kier alpha value is -3.49. The molecule has 0 heterocycles. The molecule has 9 heteroatoms. The van der Waals surface area contributed by atoms with Crippen molar-refractivity contribution in [2.75, 3.05) is 24.4 Å². The summed E-state index contributed by atoms with van der Waals surface area (Å²) in [6.45, 7) is 3.79. The van der Waals surface area contributed by atoms with Crippen molar-refractivity contribution in [3.05, 3.63) is 53.6 Å². The Morgan fingerprint density at radius 1 is 1.06 bits per heavy atom. The number of benzene rings is 2. The second-order valence-electron chi connectivity index (χ2n) is 6.87. The lowest BCUT2D eigenvalue weighted by Gasteiger charge is -2.15. The van der Waals surface area contributed by atoms with Crippen molar-refractivity contribution in [2.24, 2.45) is 0 Å². The molecule has 0 radical (unpaired) electrons. The highest BCUT2D eigenvalue weighted by Gasteiger charge is 2.34. The lowest BCUT2D eigenvalue weighted by atomic mass is 10.1. The number of carbonyl (C=O) groups excluding carboxylic acids is 2. The number of unbranched alkanes of at least 4 members (excludes halogenated alkanes) is 1. The van der Waals surface area contributed by atoms with Gasteiger partial charge in [-0.25, -0.2) is 0 Å². The number of methoxy groups -OCH3 is 1. The average Bonchev–Trinajstić information content (AvgIpc) is 2.73. The van der Waals surface area contributed by atoms with E-state index in [1.165, 1.54) is 26.2 Å². The number of carbonyl (C=O) groups is 2. The number of amides is 2. The van der Waals surface area contributed by atoms with Gasteiger partial charge in [0.15, 0.2) is 11.5 Å². The Morgan fingerprint density at radius 3 is 2.44 bits per heavy atom. The summed E-state index contributed by atoms with van der Waals surface area (Å²) in [6.07, 6.45) is -0.260. The van der Waals surface area contributed by atoms with Gasteiger partial charge >= 0.3 is 6.18 Å². The molecule has 0 spiro atoms. The van der Waals surface area contributed by atoms with E-state index >= 15 is 0 Å². The zero-order valence-corrected chi connectivity index (χ0v) is 18.0. The molecule has 0 aliphatic carbocycles. The zero-order chi connectivity index (χ0) is 23.7. The van der Waals surface area contributed by atoms with Gasteiger partial charge in [-0.1, -0.05) is 19.4 Å². The zero-order valence-electron chi connectivity index (χ0n) is 18.0. The molecule has 0 saturated heterocycles. The summed E-state index contributed by atoms with van der Waals surface area (Å²) >= 11 is 0. The molecule has 0 aliphatic rings. The number of hydrogen-bond acceptors (Lipinski definition) is 4. The molecule has 2 aromatic carbocycles. The minimum absolute atomic E-state index is 0.0216. The standard InChI is InChI=1S/C23H25F3N2O4/c1-4-5-12-32-20-10-6-16(13-21(20)31-3)7-11-22(30)28-19-9-8-17(27-15(2)29)14-18(19)23(24,25)26/h6-11,13-14H,4-5,12H2,1-3H3,(H,27,29)(H,28,30)/b11-7+. The Morgan fingerprint density at radius 2 is 1.81 bits per heavy atom. The lowest BCUT2D eigenvalue weighted by Crippen LogP contribution is -2.16. The molecule has 2 rings (SSSR count). The highest BCUT2D eigenvalue weighted by atomic mass is 19.4. The predicted molar refractivity (Wildman–Crippen MR) is 117 cm³/mol. The molecular weight excluding hydrogens is 425 g/mol. The Labute approximate surface area is 184 Å². The maximum absolute atomic E-state index is 13.4. The second kappa shape index (κ2) is 11.2. The fraction of sp³-hybridized carbons (Fsp3) is 0.304. The molecule has 0 atom stereocenters. The van der Waals surface area contributed by atoms with Crippen LogP contribution in [0.15, 0.2) is 42.5 Å². The Kier molecular flexibility index (Phi) is 8.69. The van der Waals surface area contributed by atoms with E-state index in [-0.39, 0.29) is 5.69 Å². The summed E-state index contributed by atoms with van der Waals surface area (Å²) < 4.78 is 51.1. The van der Waals surface area contributed by atoms with Crippen molar-refractivity contribution in [3.63, 3.8) is 0 Å². The molecule has 6 nitrogen and oxygen atoms in total. The normalized spacial score (nSPS) is 11.3. The minimum Gasteiger partial charge on any atom is -0.493 e. The first kappa shape index (κ1) is 24.8. The van der Waals surface area contributed by atoms with E-state index in [0.717, 1.165) is 31.1 Å². The molecule has 0 saturated carbocycles. The molecule has 0 fully saturated rings. The van der Waals surface area contributed by atoms with Gasteiger partial charge in [0, 0.05) is 18.7 Å². The predicted octanol–water partition coefficient (Wildman–Crippen LogP) is 5.50. The van der Waals surface area contributed by atoms with E-state index in [1.54, 1.807) is 18.2 Å². The van der Waals surface area contributed by atoms with Gasteiger partial charge in [-0.15, -0.1) is 0 Å². The fourth-order valence-electron chi connectivity index (χ4n) is 2.75. The number of rotatable bonds is 9. The molecule has 0 bridgehead atoms. The van der Waals surface area contributed by atoms with Gasteiger partial charge in [-0.2, -0.15) is 13.2 Å². The summed E-state index contributed by atoms with van der Waals surface area (Å²) in [4.78, 5) is 23.3. The quantitative estimate of drug-likeness (QED) is 0.391. The topological polar surface area (TPSA) is 76.7 Å². The average molecular weight is 450 g/mol. The molecule has 32 heavy (non-hydrogen) atoms. The minimum atomic E-state index is -4.72. The molecule has 2 amide bonds. The Balaban J connectivity index is 2.15. The van der Waals surface area contributed by atoms with E-state index in [0.29, 0.717) is 23.7 Å². The van der Waals surface area contributed by atoms with Crippen LogP contribution in [0.25, 0.3) is 6.08 Å². The van der Waals surface area contributed by atoms with E-state index in [2.05, 4.69) is 17.6 Å². The molecule has 2 N–H and O–H groups in total. The van der Waals surface area contributed by atoms with Crippen LogP contribution < -0.4 is 20.1 Å². The van der Waals surface area contributed by atoms with Crippen LogP contribution in [-0.2, 0) is 15.8 Å². The molecule has 0 aliphatic heterocycles. The fourth-order valence-corrected chi connectivity index (χ4v) is 2.75. The number of ether oxygens (including phenoxy) is 2. The van der Waals surface area contributed by atoms with Gasteiger partial charge in [0.25, 0.3) is 0 Å². The summed E-state index contributed by atoms with van der Waals surface area (Å²) in [5, 5.41) is 4.52. The summed E-state index contributed by atoms with van der Waals surface area (Å²) in [7, 11) is 1.49. The highest BCUT2D eigenvalue weighted by molar-refractivity contribution is 6.02. The SMILES string of the molecule is CCCCOc1ccc(/C=C/C(=O)Nc2ccc(NC(C)=O)cc2C(F)(F)F)cc1OC. The van der Waals surface area contributed by atoms with Crippen LogP contribution in [0.4, 0.5) is 24.5 Å². The maximum atomic E-state index is 13.4. The molecule has 0 aromatic heterocycles. The second-order valence-corrected chi connectivity index (χ2v) is 6.87. The molecular formula is C23H25F3N2O4. The van der Waals surface area contributed by atoms with Crippen molar-refractivity contribution in [2.45, 2.75) is 32.9 Å². The van der Waals surface area contributed by atoms with Crippen molar-refractivity contribution >= 4 is 29.3 Å². The smallest absolute Gasteiger partial charge is 0.418 e. The first-order chi connectivity index (χ1) is 15.1. The van der Waals surface area contributed by atoms with Gasteiger partial charge < -0.3 is 20.1 Å². The van der Waals surface area contributed by atoms with Crippen LogP contribution in [0.1, 0.15) is 37.8 Å². The van der Waals surface area contributed by atoms with Crippen LogP contribution in [0, 0.1) is 0 Å². The van der Waals surface area contributed by atoms with Crippen LogP contribution in [-0.4, -0.2) is 25.5 Å². The first-order valence-electron chi connectivity index (χ1n) is 9.92. The van der Waals surface area contributed by atoms with Crippen molar-refractivity contribution in [3.8, 4) is 11.5 Å². The maximum Gasteiger partial charge on any atom is 0.418 e. The largest absolute Gasteiger partial charge is 0.493 e. The number of hydrogen-bond donors (Lipinski definition) is 2. The van der Waals surface area contributed by atoms with Gasteiger partial charge in [0.1, 0.15) is 0 Å². The van der Waals surface area contributed by atoms with Crippen molar-refractivity contribution in [1.82, 2.24) is 0 Å². The van der Waals surface area contributed by atoms with Crippen LogP contribution in [0.3, 0.4) is 0 Å². The first-order valence-corrected chi connectivity index (χ1v) is 9.92. The van der Waals surface area contributed by atoms with Gasteiger partial charge in [0.05, 0.1) is 25.0 Å². The third kappa shape index (κ3) is 7.33. The van der Waals surface area contributed by atoms with Gasteiger partial charge in [-0.05, 0) is 48.4 Å². The van der Waals surface area contributed by atoms with Crippen molar-refractivity contribution in [1.29, 1.82) is 0 Å². The van der Waals surface area contributed by atoms with Gasteiger partial charge in [0.2, 0.25) is 11.8 Å². The van der Waals surface area contributed by atoms with Crippen LogP contribution in [0.2, 0.25) is 0 Å². The number of halogens is 3. The molecule has 2 aromatic rings. The third-order valence-electron chi connectivity index (χ3n) is 4.27. The monoisotopic (exact) mass is 450 g/mol. The van der Waals surface area contributed by atoms with E-state index < -0.39 is 29.2 Å². The van der Waals surface area contributed by atoms with Crippen molar-refractivity contribution < 1.29 is 32.2 Å². The van der Waals surface area contributed by atoms with Crippen LogP contribution >= 0.6 is 0 Å². The number of anilines is 2. The number of alkyl halides is 3. The number of nitrogens with one attached hydrogen (secondary N) is 2. The Bertz CT molecular complexity index is 988. The highest BCUT2D eigenvalue weighted by Crippen LogP contribution is 2.36.